The Hall–Kier alpha value is -1.38. The molecule has 2 aromatic rings. The standard InChI is InChI=1S/C6H3N2O/c1-2-4-6-5(3-1)7-9-8-6/h1,3-4H. The van der Waals surface area contributed by atoms with Gasteiger partial charge in [0.1, 0.15) is 11.0 Å². The van der Waals surface area contributed by atoms with E-state index in [1.165, 1.54) is 0 Å². The zero-order valence-corrected chi connectivity index (χ0v) is 4.53. The van der Waals surface area contributed by atoms with Crippen molar-refractivity contribution in [1.29, 1.82) is 0 Å². The van der Waals surface area contributed by atoms with E-state index in [1.54, 1.807) is 18.2 Å². The van der Waals surface area contributed by atoms with Gasteiger partial charge in [-0.3, -0.25) is 0 Å². The molecule has 0 saturated heterocycles. The Kier molecular flexibility index (Phi) is 0.773. The van der Waals surface area contributed by atoms with Crippen molar-refractivity contribution in [1.82, 2.24) is 10.3 Å². The molecule has 9 heavy (non-hydrogen) atoms. The third-order valence-corrected chi connectivity index (χ3v) is 1.10. The highest BCUT2D eigenvalue weighted by molar-refractivity contribution is 5.71. The van der Waals surface area contributed by atoms with Crippen LogP contribution in [-0.2, 0) is 0 Å². The summed E-state index contributed by atoms with van der Waals surface area (Å²) in [5.41, 5.74) is 1.52. The van der Waals surface area contributed by atoms with Crippen molar-refractivity contribution in [2.24, 2.45) is 0 Å². The van der Waals surface area contributed by atoms with Crippen molar-refractivity contribution in [3.8, 4) is 0 Å². The van der Waals surface area contributed by atoms with E-state index in [0.29, 0.717) is 0 Å². The molecular formula is C6H3N2O. The lowest BCUT2D eigenvalue weighted by Crippen LogP contribution is -1.64. The smallest absolute Gasteiger partial charge is 0.135 e. The third kappa shape index (κ3) is 0.579. The van der Waals surface area contributed by atoms with Crippen molar-refractivity contribution in [2.75, 3.05) is 0 Å². The number of fused-ring (bicyclic) bond motifs is 1. The van der Waals surface area contributed by atoms with Gasteiger partial charge in [-0.25, -0.2) is 4.63 Å². The maximum atomic E-state index is 4.44. The van der Waals surface area contributed by atoms with Gasteiger partial charge in [-0.1, -0.05) is 6.07 Å². The molecular weight excluding hydrogens is 116 g/mol. The molecule has 1 heterocycles. The average Bonchev–Trinajstić information content (AvgIpc) is 2.33. The first kappa shape index (κ1) is 4.49. The minimum atomic E-state index is 0.748. The molecule has 0 aliphatic rings. The first-order valence-electron chi connectivity index (χ1n) is 2.55. The summed E-state index contributed by atoms with van der Waals surface area (Å²) in [4.78, 5) is 0. The van der Waals surface area contributed by atoms with Gasteiger partial charge in [0, 0.05) is 0 Å². The van der Waals surface area contributed by atoms with Gasteiger partial charge in [-0.15, -0.1) is 0 Å². The molecule has 0 fully saturated rings. The Morgan fingerprint density at radius 2 is 2.22 bits per heavy atom. The Balaban J connectivity index is 2.95. The van der Waals surface area contributed by atoms with Crippen LogP contribution in [-0.4, -0.2) is 10.3 Å². The van der Waals surface area contributed by atoms with Crippen LogP contribution in [0.5, 0.6) is 0 Å². The predicted molar refractivity (Wildman–Crippen MR) is 30.6 cm³/mol. The van der Waals surface area contributed by atoms with Gasteiger partial charge in [0.15, 0.2) is 0 Å². The summed E-state index contributed by atoms with van der Waals surface area (Å²) < 4.78 is 4.44. The quantitative estimate of drug-likeness (QED) is 0.519. The number of hydrogen-bond donors (Lipinski definition) is 0. The molecule has 3 nitrogen and oxygen atoms in total. The van der Waals surface area contributed by atoms with Gasteiger partial charge in [-0.2, -0.15) is 0 Å². The van der Waals surface area contributed by atoms with Crippen molar-refractivity contribution in [3.05, 3.63) is 24.3 Å². The first-order chi connectivity index (χ1) is 4.47. The first-order valence-corrected chi connectivity index (χ1v) is 2.55. The summed E-state index contributed by atoms with van der Waals surface area (Å²) in [7, 11) is 0. The monoisotopic (exact) mass is 119 g/mol. The van der Waals surface area contributed by atoms with Crippen LogP contribution in [0.3, 0.4) is 0 Å². The Morgan fingerprint density at radius 1 is 1.33 bits per heavy atom. The van der Waals surface area contributed by atoms with Crippen LogP contribution in [0.4, 0.5) is 0 Å². The molecule has 2 rings (SSSR count). The highest BCUT2D eigenvalue weighted by atomic mass is 16.6. The van der Waals surface area contributed by atoms with Gasteiger partial charge in [0.2, 0.25) is 0 Å². The summed E-state index contributed by atoms with van der Waals surface area (Å²) in [5, 5.41) is 7.21. The fourth-order valence-electron chi connectivity index (χ4n) is 0.672. The van der Waals surface area contributed by atoms with E-state index in [0.717, 1.165) is 11.0 Å². The van der Waals surface area contributed by atoms with Gasteiger partial charge in [0.05, 0.1) is 0 Å². The zero-order valence-electron chi connectivity index (χ0n) is 4.53. The van der Waals surface area contributed by atoms with Crippen molar-refractivity contribution < 1.29 is 4.63 Å². The van der Waals surface area contributed by atoms with E-state index in [4.69, 9.17) is 0 Å². The second-order valence-corrected chi connectivity index (χ2v) is 1.68. The summed E-state index contributed by atoms with van der Waals surface area (Å²) in [6.45, 7) is 0. The molecule has 0 amide bonds. The van der Waals surface area contributed by atoms with E-state index in [9.17, 15) is 0 Å². The summed E-state index contributed by atoms with van der Waals surface area (Å²) in [5.74, 6) is 0. The highest BCUT2D eigenvalue weighted by Crippen LogP contribution is 2.04. The van der Waals surface area contributed by atoms with Gasteiger partial charge in [0.25, 0.3) is 0 Å². The average molecular weight is 119 g/mol. The summed E-state index contributed by atoms with van der Waals surface area (Å²) in [6, 6.07) is 8.15. The highest BCUT2D eigenvalue weighted by Gasteiger charge is 1.93. The third-order valence-electron chi connectivity index (χ3n) is 1.10. The number of nitrogens with zero attached hydrogens (tertiary/aromatic N) is 2. The van der Waals surface area contributed by atoms with Crippen LogP contribution < -0.4 is 0 Å². The Labute approximate surface area is 51.2 Å². The van der Waals surface area contributed by atoms with E-state index >= 15 is 0 Å². The van der Waals surface area contributed by atoms with Crippen molar-refractivity contribution >= 4 is 11.0 Å². The molecule has 1 radical (unpaired) electrons. The second kappa shape index (κ2) is 1.55. The lowest BCUT2D eigenvalue weighted by Gasteiger charge is -1.75. The topological polar surface area (TPSA) is 38.9 Å². The number of benzene rings is 1. The Bertz CT molecular complexity index is 285. The van der Waals surface area contributed by atoms with Crippen LogP contribution >= 0.6 is 0 Å². The predicted octanol–water partition coefficient (Wildman–Crippen LogP) is 1.02. The summed E-state index contributed by atoms with van der Waals surface area (Å²) >= 11 is 0. The van der Waals surface area contributed by atoms with E-state index in [-0.39, 0.29) is 0 Å². The molecule has 0 aliphatic heterocycles. The number of aromatic nitrogens is 2. The van der Waals surface area contributed by atoms with E-state index < -0.39 is 0 Å². The lowest BCUT2D eigenvalue weighted by molar-refractivity contribution is 0.315. The molecule has 0 spiro atoms. The van der Waals surface area contributed by atoms with E-state index in [2.05, 4.69) is 21.0 Å². The molecule has 1 aromatic carbocycles. The molecule has 43 valence electrons. The maximum absolute atomic E-state index is 4.44. The molecule has 0 bridgehead atoms. The van der Waals surface area contributed by atoms with Gasteiger partial charge >= 0.3 is 0 Å². The molecule has 1 aromatic heterocycles. The van der Waals surface area contributed by atoms with Crippen molar-refractivity contribution in [2.45, 2.75) is 0 Å². The largest absolute Gasteiger partial charge is 0.243 e. The van der Waals surface area contributed by atoms with Crippen LogP contribution in [0.2, 0.25) is 0 Å². The van der Waals surface area contributed by atoms with Crippen LogP contribution in [0, 0.1) is 6.07 Å². The zero-order chi connectivity index (χ0) is 6.10. The maximum Gasteiger partial charge on any atom is 0.135 e. The van der Waals surface area contributed by atoms with Crippen molar-refractivity contribution in [3.63, 3.8) is 0 Å². The van der Waals surface area contributed by atoms with Crippen LogP contribution in [0.15, 0.2) is 22.8 Å². The second-order valence-electron chi connectivity index (χ2n) is 1.68. The number of hydrogen-bond acceptors (Lipinski definition) is 3. The van der Waals surface area contributed by atoms with Gasteiger partial charge in [-0.05, 0) is 28.5 Å². The minimum absolute atomic E-state index is 0.748. The molecule has 0 unspecified atom stereocenters. The summed E-state index contributed by atoms with van der Waals surface area (Å²) in [6.07, 6.45) is 0. The van der Waals surface area contributed by atoms with Crippen LogP contribution in [0.1, 0.15) is 0 Å². The minimum Gasteiger partial charge on any atom is -0.243 e. The van der Waals surface area contributed by atoms with Gasteiger partial charge < -0.3 is 0 Å². The molecule has 0 aliphatic carbocycles. The molecule has 0 saturated carbocycles. The fraction of sp³-hybridized carbons (Fsp3) is 0. The lowest BCUT2D eigenvalue weighted by atomic mass is 10.3. The molecule has 3 heteroatoms. The molecule has 0 N–H and O–H groups in total. The Morgan fingerprint density at radius 3 is 3.11 bits per heavy atom. The van der Waals surface area contributed by atoms with Crippen LogP contribution in [0.25, 0.3) is 11.0 Å². The fourth-order valence-corrected chi connectivity index (χ4v) is 0.672. The molecule has 0 atom stereocenters. The number of rotatable bonds is 0. The SMILES string of the molecule is [c]1ccc2nonc2c1. The van der Waals surface area contributed by atoms with E-state index in [1.807, 2.05) is 0 Å². The normalized spacial score (nSPS) is 10.2.